The van der Waals surface area contributed by atoms with Crippen LogP contribution < -0.4 is 20.7 Å². The fraction of sp³-hybridized carbons (Fsp3) is 0.448. The molecule has 4 fully saturated rings. The maximum atomic E-state index is 14.4. The molecule has 408 valence electrons. The lowest BCUT2D eigenvalue weighted by molar-refractivity contribution is -0.141. The lowest BCUT2D eigenvalue weighted by Crippen LogP contribution is -2.48. The number of ether oxygens (including phenoxy) is 2. The first-order chi connectivity index (χ1) is 37.8. The summed E-state index contributed by atoms with van der Waals surface area (Å²) in [6.45, 7) is 12.7. The average molecular weight is 1080 g/mol. The Labute approximate surface area is 457 Å². The van der Waals surface area contributed by atoms with E-state index in [2.05, 4.69) is 45.4 Å². The molecule has 20 heteroatoms. The Hall–Kier alpha value is -7.26. The Morgan fingerprint density at radius 2 is 1.65 bits per heavy atom. The smallest absolute Gasteiger partial charge is 0.243 e. The third kappa shape index (κ3) is 11.6. The van der Waals surface area contributed by atoms with Crippen LogP contribution in [0.2, 0.25) is 0 Å². The number of imidazole rings is 1. The van der Waals surface area contributed by atoms with Gasteiger partial charge in [-0.15, -0.1) is 21.5 Å². The molecule has 11 rings (SSSR count). The summed E-state index contributed by atoms with van der Waals surface area (Å²) in [5.74, 6) is 1.34. The van der Waals surface area contributed by atoms with Gasteiger partial charge in [-0.05, 0) is 86.8 Å². The van der Waals surface area contributed by atoms with Crippen LogP contribution in [-0.2, 0) is 14.3 Å². The summed E-state index contributed by atoms with van der Waals surface area (Å²) < 4.78 is 20.7. The first-order valence-corrected chi connectivity index (χ1v) is 28.2. The van der Waals surface area contributed by atoms with Crippen LogP contribution in [0.5, 0.6) is 11.6 Å². The molecule has 3 aliphatic heterocycles. The van der Waals surface area contributed by atoms with Gasteiger partial charge in [-0.3, -0.25) is 9.59 Å². The van der Waals surface area contributed by atoms with E-state index in [1.165, 1.54) is 4.90 Å². The number of nitrogens with one attached hydrogen (secondary N) is 1. The van der Waals surface area contributed by atoms with E-state index >= 15 is 0 Å². The zero-order valence-corrected chi connectivity index (χ0v) is 45.3. The number of aliphatic hydroxyl groups is 1. The second-order valence-corrected chi connectivity index (χ2v) is 22.6. The molecule has 78 heavy (non-hydrogen) atoms. The lowest BCUT2D eigenvalue weighted by Gasteiger charge is -2.41. The summed E-state index contributed by atoms with van der Waals surface area (Å²) >= 11 is 1.60. The minimum Gasteiger partial charge on any atom is -0.507 e. The van der Waals surface area contributed by atoms with Crippen molar-refractivity contribution < 1.29 is 33.8 Å². The number of nitrogens with two attached hydrogens (primary N) is 1. The zero-order valence-electron chi connectivity index (χ0n) is 44.5. The number of aliphatic hydroxyl groups excluding tert-OH is 1. The molecule has 5 aromatic heterocycles. The van der Waals surface area contributed by atoms with E-state index in [9.17, 15) is 19.8 Å². The molecular weight excluding hydrogens is 1010 g/mol. The number of nitrogens with zero attached hydrogens (tertiary/aromatic N) is 10. The van der Waals surface area contributed by atoms with Crippen molar-refractivity contribution in [3.05, 3.63) is 114 Å². The molecule has 0 radical (unpaired) electrons. The van der Waals surface area contributed by atoms with E-state index < -0.39 is 18.1 Å². The standard InChI is InChI=1S/C58H68N12O7S/c1-34(2)54(58(74)70-30-41(71)24-49(70)57(73)63-35(3)38-9-11-39(12-10-38)55-36(4)62-33-78-55)51-28-52(66-77-51)68-21-14-37(15-22-68)29-67-19-16-42(17-20-67)75-43-25-44(26-43)76-53-23-40(13-18-60-53)69-31-48(61-32-69)46-27-47(64-65-56(46)59)45-7-5-6-8-50(45)72/h5-13,18,23,27-28,31-35,37,41-44,49,54,71-72H,14-17,19-22,24-26,29-30H2,1-4H3,(H2,59,65)(H,63,73)/t35-,41+,43-,44-,49-,54+/m0/s1. The number of hydrogen-bond acceptors (Lipinski definition) is 17. The molecule has 1 aliphatic carbocycles. The van der Waals surface area contributed by atoms with E-state index in [1.807, 2.05) is 92.5 Å². The van der Waals surface area contributed by atoms with Crippen molar-refractivity contribution in [2.75, 3.05) is 49.9 Å². The van der Waals surface area contributed by atoms with E-state index in [1.54, 1.807) is 48.1 Å². The normalized spacial score (nSPS) is 21.2. The molecular formula is C58H68N12O7S. The summed E-state index contributed by atoms with van der Waals surface area (Å²) in [7, 11) is 0. The van der Waals surface area contributed by atoms with Gasteiger partial charge in [-0.2, -0.15) is 0 Å². The third-order valence-electron chi connectivity index (χ3n) is 16.0. The van der Waals surface area contributed by atoms with Crippen LogP contribution in [0.15, 0.2) is 102 Å². The van der Waals surface area contributed by atoms with E-state index in [0.29, 0.717) is 40.1 Å². The number of rotatable bonds is 17. The number of nitrogen functional groups attached to an aromatic ring is 1. The Morgan fingerprint density at radius 1 is 0.872 bits per heavy atom. The van der Waals surface area contributed by atoms with Crippen molar-refractivity contribution >= 4 is 34.8 Å². The van der Waals surface area contributed by atoms with Gasteiger partial charge < -0.3 is 54.5 Å². The molecule has 1 saturated carbocycles. The molecule has 0 spiro atoms. The number of aromatic nitrogens is 7. The first kappa shape index (κ1) is 52.8. The van der Waals surface area contributed by atoms with Gasteiger partial charge >= 0.3 is 0 Å². The number of thiazole rings is 1. The largest absolute Gasteiger partial charge is 0.507 e. The summed E-state index contributed by atoms with van der Waals surface area (Å²) in [6, 6.07) is 21.4. The number of β-amino-alcohol motifs (C(OH)–C–C–N with tert-alkyl or cyclic N) is 1. The zero-order chi connectivity index (χ0) is 54.0. The van der Waals surface area contributed by atoms with Crippen molar-refractivity contribution in [2.45, 2.75) is 115 Å². The highest BCUT2D eigenvalue weighted by Gasteiger charge is 2.44. The van der Waals surface area contributed by atoms with E-state index in [-0.39, 0.29) is 66.6 Å². The fourth-order valence-corrected chi connectivity index (χ4v) is 12.3. The van der Waals surface area contributed by atoms with E-state index in [4.69, 9.17) is 19.7 Å². The van der Waals surface area contributed by atoms with Crippen molar-refractivity contribution in [2.24, 2.45) is 11.8 Å². The van der Waals surface area contributed by atoms with Gasteiger partial charge in [0, 0.05) is 94.2 Å². The number of phenols is 1. The molecule has 7 aromatic rings. The molecule has 5 N–H and O–H groups in total. The third-order valence-corrected chi connectivity index (χ3v) is 17.0. The highest BCUT2D eigenvalue weighted by Crippen LogP contribution is 2.37. The SMILES string of the molecule is Cc1ncsc1-c1ccc([C@H](C)NC(=O)[C@@H]2C[C@@H](O)CN2C(=O)[C@@H](c2cc(N3CCC(CN4CCC(O[C@H]5C[C@H](Oc6cc(-n7cnc(-c8cc(-c9ccccc9O)nnc8N)c7)ccn6)C5)CC4)CC3)no2)C(C)C)cc1. The number of aryl methyl sites for hydroxylation is 1. The maximum absolute atomic E-state index is 14.4. The molecule has 3 saturated heterocycles. The van der Waals surface area contributed by atoms with Crippen LogP contribution in [-0.4, -0.2) is 136 Å². The molecule has 4 atom stereocenters. The Morgan fingerprint density at radius 3 is 2.40 bits per heavy atom. The quantitative estimate of drug-likeness (QED) is 0.0676. The highest BCUT2D eigenvalue weighted by molar-refractivity contribution is 7.13. The lowest BCUT2D eigenvalue weighted by atomic mass is 9.91. The van der Waals surface area contributed by atoms with Gasteiger partial charge in [0.1, 0.15) is 23.8 Å². The van der Waals surface area contributed by atoms with Gasteiger partial charge in [0.25, 0.3) is 0 Å². The first-order valence-electron chi connectivity index (χ1n) is 27.3. The fourth-order valence-electron chi connectivity index (χ4n) is 11.5. The number of likely N-dealkylation sites (tertiary alicyclic amines) is 2. The number of pyridine rings is 1. The van der Waals surface area contributed by atoms with E-state index in [0.717, 1.165) is 104 Å². The molecule has 2 aromatic carbocycles. The predicted molar refractivity (Wildman–Crippen MR) is 296 cm³/mol. The second kappa shape index (κ2) is 23.0. The molecule has 2 amide bonds. The molecule has 19 nitrogen and oxygen atoms in total. The number of carbonyl (C=O) groups is 2. The average Bonchev–Trinajstić information content (AvgIpc) is 4.32. The van der Waals surface area contributed by atoms with Gasteiger partial charge in [0.2, 0.25) is 17.7 Å². The Balaban J connectivity index is 0.605. The number of amides is 2. The minimum atomic E-state index is -0.806. The molecule has 4 aliphatic rings. The van der Waals surface area contributed by atoms with Crippen molar-refractivity contribution in [1.82, 2.24) is 50.0 Å². The Kier molecular flexibility index (Phi) is 15.6. The van der Waals surface area contributed by atoms with Crippen molar-refractivity contribution in [1.29, 1.82) is 0 Å². The number of hydrogen-bond donors (Lipinski definition) is 4. The summed E-state index contributed by atoms with van der Waals surface area (Å²) in [6.07, 6.45) is 10.8. The van der Waals surface area contributed by atoms with Crippen LogP contribution in [0.1, 0.15) is 94.7 Å². The van der Waals surface area contributed by atoms with Gasteiger partial charge in [0.05, 0.1) is 63.8 Å². The van der Waals surface area contributed by atoms with Crippen LogP contribution >= 0.6 is 11.3 Å². The summed E-state index contributed by atoms with van der Waals surface area (Å²) in [5, 5.41) is 37.0. The van der Waals surface area contributed by atoms with Crippen LogP contribution in [0.4, 0.5) is 11.6 Å². The maximum Gasteiger partial charge on any atom is 0.243 e. The number of benzene rings is 2. The minimum absolute atomic E-state index is 0.0305. The Bertz CT molecular complexity index is 3200. The summed E-state index contributed by atoms with van der Waals surface area (Å²) in [4.78, 5) is 49.1. The predicted octanol–water partition coefficient (Wildman–Crippen LogP) is 7.99. The monoisotopic (exact) mass is 1080 g/mol. The molecule has 0 unspecified atom stereocenters. The van der Waals surface area contributed by atoms with Gasteiger partial charge in [-0.1, -0.05) is 55.4 Å². The number of phenolic OH excluding ortho intramolecular Hbond substituents is 1. The number of aromatic hydroxyl groups is 1. The molecule has 0 bridgehead atoms. The topological polar surface area (TPSA) is 236 Å². The summed E-state index contributed by atoms with van der Waals surface area (Å²) in [5.41, 5.74) is 14.2. The number of anilines is 2. The number of para-hydroxylation sites is 1. The van der Waals surface area contributed by atoms with Crippen LogP contribution in [0.25, 0.3) is 38.6 Å². The number of carbonyl (C=O) groups excluding carboxylic acids is 2. The van der Waals surface area contributed by atoms with Crippen LogP contribution in [0.3, 0.4) is 0 Å². The molecule has 8 heterocycles. The van der Waals surface area contributed by atoms with Crippen LogP contribution in [0, 0.1) is 18.8 Å². The number of piperidine rings is 2. The second-order valence-electron chi connectivity index (χ2n) is 21.8. The van der Waals surface area contributed by atoms with Gasteiger partial charge in [-0.25, -0.2) is 15.0 Å². The van der Waals surface area contributed by atoms with Crippen molar-refractivity contribution in [3.63, 3.8) is 0 Å². The van der Waals surface area contributed by atoms with Crippen molar-refractivity contribution in [3.8, 4) is 50.3 Å². The van der Waals surface area contributed by atoms with Gasteiger partial charge in [0.15, 0.2) is 17.4 Å². The highest BCUT2D eigenvalue weighted by atomic mass is 32.1.